The van der Waals surface area contributed by atoms with Gasteiger partial charge in [-0.25, -0.2) is 0 Å². The average molecular weight is 284 g/mol. The molecule has 1 rings (SSSR count). The lowest BCUT2D eigenvalue weighted by molar-refractivity contribution is -0.154. The zero-order chi connectivity index (χ0) is 15.3. The third kappa shape index (κ3) is 3.31. The van der Waals surface area contributed by atoms with Gasteiger partial charge < -0.3 is 24.4 Å². The normalized spacial score (nSPS) is 10.2. The molecule has 1 aromatic carbocycles. The average Bonchev–Trinajstić information content (AvgIpc) is 2.42. The Morgan fingerprint density at radius 1 is 1.00 bits per heavy atom. The van der Waals surface area contributed by atoms with E-state index < -0.39 is 17.9 Å². The second-order valence-electron chi connectivity index (χ2n) is 3.94. The van der Waals surface area contributed by atoms with E-state index in [1.165, 1.54) is 21.3 Å². The number of carboxylic acids is 2. The molecule has 0 aliphatic rings. The largest absolute Gasteiger partial charge is 0.496 e. The van der Waals surface area contributed by atoms with E-state index in [4.69, 9.17) is 24.4 Å². The van der Waals surface area contributed by atoms with E-state index in [1.807, 2.05) is 0 Å². The van der Waals surface area contributed by atoms with Crippen LogP contribution in [0.2, 0.25) is 0 Å². The van der Waals surface area contributed by atoms with Crippen molar-refractivity contribution >= 4 is 11.9 Å². The minimum absolute atomic E-state index is 0.249. The first-order chi connectivity index (χ1) is 9.44. The molecule has 1 aromatic rings. The molecule has 0 saturated heterocycles. The minimum Gasteiger partial charge on any atom is -0.496 e. The topological polar surface area (TPSA) is 102 Å². The van der Waals surface area contributed by atoms with Crippen LogP contribution in [0.15, 0.2) is 12.1 Å². The van der Waals surface area contributed by atoms with Crippen LogP contribution >= 0.6 is 0 Å². The van der Waals surface area contributed by atoms with Crippen LogP contribution in [0.1, 0.15) is 5.56 Å². The van der Waals surface area contributed by atoms with Gasteiger partial charge in [-0.2, -0.15) is 0 Å². The summed E-state index contributed by atoms with van der Waals surface area (Å²) in [5.41, 5.74) is 0.366. The predicted octanol–water partition coefficient (Wildman–Crippen LogP) is 1.04. The highest BCUT2D eigenvalue weighted by atomic mass is 16.5. The maximum absolute atomic E-state index is 11.0. The van der Waals surface area contributed by atoms with E-state index in [2.05, 4.69) is 0 Å². The molecule has 0 spiro atoms. The highest BCUT2D eigenvalue weighted by Gasteiger charge is 2.29. The van der Waals surface area contributed by atoms with Gasteiger partial charge in [0.1, 0.15) is 17.2 Å². The summed E-state index contributed by atoms with van der Waals surface area (Å²) in [6.07, 6.45) is -0.249. The maximum atomic E-state index is 11.0. The smallest absolute Gasteiger partial charge is 0.318 e. The van der Waals surface area contributed by atoms with Gasteiger partial charge in [-0.3, -0.25) is 9.59 Å². The van der Waals surface area contributed by atoms with Gasteiger partial charge in [0.2, 0.25) is 0 Å². The molecule has 0 heterocycles. The third-order valence-electron chi connectivity index (χ3n) is 2.82. The summed E-state index contributed by atoms with van der Waals surface area (Å²) in [4.78, 5) is 22.0. The standard InChI is InChI=1S/C13H16O7/c1-18-7-4-10(19-2)8(11(5-7)20-3)6-9(12(14)15)13(16)17/h4-5,9H,6H2,1-3H3,(H,14,15)(H,16,17). The first-order valence-corrected chi connectivity index (χ1v) is 5.69. The summed E-state index contributed by atoms with van der Waals surface area (Å²) in [6, 6.07) is 3.08. The Morgan fingerprint density at radius 2 is 1.45 bits per heavy atom. The van der Waals surface area contributed by atoms with Crippen molar-refractivity contribution in [3.63, 3.8) is 0 Å². The van der Waals surface area contributed by atoms with Gasteiger partial charge in [0.15, 0.2) is 5.92 Å². The second kappa shape index (κ2) is 6.65. The third-order valence-corrected chi connectivity index (χ3v) is 2.82. The molecular formula is C13H16O7. The van der Waals surface area contributed by atoms with E-state index in [-0.39, 0.29) is 6.42 Å². The molecule has 7 nitrogen and oxygen atoms in total. The van der Waals surface area contributed by atoms with Crippen molar-refractivity contribution in [1.82, 2.24) is 0 Å². The molecule has 2 N–H and O–H groups in total. The molecule has 0 fully saturated rings. The lowest BCUT2D eigenvalue weighted by atomic mass is 9.97. The molecular weight excluding hydrogens is 268 g/mol. The molecule has 0 unspecified atom stereocenters. The van der Waals surface area contributed by atoms with E-state index in [1.54, 1.807) is 12.1 Å². The van der Waals surface area contributed by atoms with Crippen molar-refractivity contribution in [2.24, 2.45) is 5.92 Å². The molecule has 0 aliphatic heterocycles. The summed E-state index contributed by atoms with van der Waals surface area (Å²) in [5, 5.41) is 17.9. The number of hydrogen-bond acceptors (Lipinski definition) is 5. The molecule has 0 radical (unpaired) electrons. The number of benzene rings is 1. The number of aliphatic carboxylic acids is 2. The Balaban J connectivity index is 3.27. The van der Waals surface area contributed by atoms with E-state index >= 15 is 0 Å². The van der Waals surface area contributed by atoms with Gasteiger partial charge in [0, 0.05) is 24.1 Å². The Labute approximate surface area is 115 Å². The molecule has 0 bridgehead atoms. The summed E-state index contributed by atoms with van der Waals surface area (Å²) < 4.78 is 15.4. The van der Waals surface area contributed by atoms with Gasteiger partial charge in [-0.1, -0.05) is 0 Å². The van der Waals surface area contributed by atoms with Gasteiger partial charge in [0.05, 0.1) is 21.3 Å². The lowest BCUT2D eigenvalue weighted by Crippen LogP contribution is -2.26. The molecule has 7 heteroatoms. The molecule has 20 heavy (non-hydrogen) atoms. The van der Waals surface area contributed by atoms with Crippen molar-refractivity contribution in [3.8, 4) is 17.2 Å². The zero-order valence-electron chi connectivity index (χ0n) is 11.4. The van der Waals surface area contributed by atoms with Crippen LogP contribution in [0.4, 0.5) is 0 Å². The molecule has 0 aromatic heterocycles. The quantitative estimate of drug-likeness (QED) is 0.721. The number of carboxylic acid groups (broad SMARTS) is 2. The molecule has 0 atom stereocenters. The summed E-state index contributed by atoms with van der Waals surface area (Å²) in [6.45, 7) is 0. The van der Waals surface area contributed by atoms with E-state index in [0.29, 0.717) is 22.8 Å². The van der Waals surface area contributed by atoms with Crippen LogP contribution in [0.5, 0.6) is 17.2 Å². The minimum atomic E-state index is -1.58. The SMILES string of the molecule is COc1cc(OC)c(CC(C(=O)O)C(=O)O)c(OC)c1. The van der Waals surface area contributed by atoms with Crippen molar-refractivity contribution < 1.29 is 34.0 Å². The van der Waals surface area contributed by atoms with Crippen molar-refractivity contribution in [2.45, 2.75) is 6.42 Å². The summed E-state index contributed by atoms with van der Waals surface area (Å²) >= 11 is 0. The van der Waals surface area contributed by atoms with Crippen LogP contribution in [0, 0.1) is 5.92 Å². The van der Waals surface area contributed by atoms with Crippen molar-refractivity contribution in [3.05, 3.63) is 17.7 Å². The number of ether oxygens (including phenoxy) is 3. The molecule has 0 amide bonds. The monoisotopic (exact) mass is 284 g/mol. The number of methoxy groups -OCH3 is 3. The van der Waals surface area contributed by atoms with Gasteiger partial charge in [-0.05, 0) is 0 Å². The Kier molecular flexibility index (Phi) is 5.19. The highest BCUT2D eigenvalue weighted by molar-refractivity contribution is 5.93. The Bertz CT molecular complexity index is 470. The van der Waals surface area contributed by atoms with Crippen LogP contribution < -0.4 is 14.2 Å². The fraction of sp³-hybridized carbons (Fsp3) is 0.385. The van der Waals surface area contributed by atoms with Crippen molar-refractivity contribution in [1.29, 1.82) is 0 Å². The van der Waals surface area contributed by atoms with Crippen LogP contribution in [-0.2, 0) is 16.0 Å². The highest BCUT2D eigenvalue weighted by Crippen LogP contribution is 2.35. The first-order valence-electron chi connectivity index (χ1n) is 5.69. The fourth-order valence-electron chi connectivity index (χ4n) is 1.76. The summed E-state index contributed by atoms with van der Waals surface area (Å²) in [7, 11) is 4.26. The van der Waals surface area contributed by atoms with E-state index in [9.17, 15) is 9.59 Å². The number of carbonyl (C=O) groups is 2. The summed E-state index contributed by atoms with van der Waals surface area (Å²) in [5.74, 6) is -3.33. The van der Waals surface area contributed by atoms with Gasteiger partial charge >= 0.3 is 11.9 Å². The fourth-order valence-corrected chi connectivity index (χ4v) is 1.76. The van der Waals surface area contributed by atoms with Crippen LogP contribution in [-0.4, -0.2) is 43.5 Å². The maximum Gasteiger partial charge on any atom is 0.318 e. The van der Waals surface area contributed by atoms with E-state index in [0.717, 1.165) is 0 Å². The molecule has 110 valence electrons. The first kappa shape index (κ1) is 15.6. The number of hydrogen-bond donors (Lipinski definition) is 2. The van der Waals surface area contributed by atoms with Crippen LogP contribution in [0.3, 0.4) is 0 Å². The second-order valence-corrected chi connectivity index (χ2v) is 3.94. The Morgan fingerprint density at radius 3 is 1.75 bits per heavy atom. The molecule has 0 saturated carbocycles. The Hall–Kier alpha value is -2.44. The van der Waals surface area contributed by atoms with Gasteiger partial charge in [-0.15, -0.1) is 0 Å². The van der Waals surface area contributed by atoms with Gasteiger partial charge in [0.25, 0.3) is 0 Å². The number of rotatable bonds is 7. The van der Waals surface area contributed by atoms with Crippen molar-refractivity contribution in [2.75, 3.05) is 21.3 Å². The predicted molar refractivity (Wildman–Crippen MR) is 68.6 cm³/mol. The van der Waals surface area contributed by atoms with Crippen LogP contribution in [0.25, 0.3) is 0 Å². The molecule has 0 aliphatic carbocycles. The zero-order valence-corrected chi connectivity index (χ0v) is 11.4. The lowest BCUT2D eigenvalue weighted by Gasteiger charge is -2.16.